The van der Waals surface area contributed by atoms with E-state index in [0.717, 1.165) is 24.5 Å². The number of hydrogen-bond acceptors (Lipinski definition) is 5. The molecule has 2 aromatic carbocycles. The molecule has 0 saturated heterocycles. The van der Waals surface area contributed by atoms with Crippen molar-refractivity contribution in [3.8, 4) is 5.75 Å². The summed E-state index contributed by atoms with van der Waals surface area (Å²) in [6, 6.07) is 11.9. The number of nitrogens with two attached hydrogens (primary N) is 1. The van der Waals surface area contributed by atoms with Crippen LogP contribution < -0.4 is 15.8 Å². The number of hydrogen-bond donors (Lipinski definition) is 2. The van der Waals surface area contributed by atoms with Crippen LogP contribution in [0.4, 0.5) is 5.69 Å². The number of ether oxygens (including phenoxy) is 1. The highest BCUT2D eigenvalue weighted by Gasteiger charge is 2.16. The first kappa shape index (κ1) is 17.5. The Morgan fingerprint density at radius 2 is 1.92 bits per heavy atom. The normalized spacial score (nSPS) is 13.3. The smallest absolute Gasteiger partial charge is 0.255 e. The van der Waals surface area contributed by atoms with Gasteiger partial charge < -0.3 is 20.7 Å². The molecule has 3 N–H and O–H groups in total. The minimum atomic E-state index is -0.642. The first-order valence-electron chi connectivity index (χ1n) is 8.15. The van der Waals surface area contributed by atoms with Crippen LogP contribution in [0.25, 0.3) is 0 Å². The molecule has 0 aliphatic carbocycles. The first-order valence-corrected chi connectivity index (χ1v) is 8.15. The number of nitrogens with zero attached hydrogens (tertiary/aromatic N) is 2. The summed E-state index contributed by atoms with van der Waals surface area (Å²) < 4.78 is 5.08. The number of amides is 2. The second-order valence-electron chi connectivity index (χ2n) is 5.93. The van der Waals surface area contributed by atoms with E-state index in [1.165, 1.54) is 13.2 Å². The number of primary amides is 1. The number of carbonyl (C=O) groups is 2. The van der Waals surface area contributed by atoms with Crippen LogP contribution in [0, 0.1) is 0 Å². The third-order valence-corrected chi connectivity index (χ3v) is 4.20. The molecule has 0 radical (unpaired) electrons. The van der Waals surface area contributed by atoms with Gasteiger partial charge in [0.2, 0.25) is 0 Å². The maximum Gasteiger partial charge on any atom is 0.255 e. The molecule has 7 heteroatoms. The van der Waals surface area contributed by atoms with E-state index in [1.54, 1.807) is 24.3 Å². The minimum Gasteiger partial charge on any atom is -0.497 e. The molecule has 2 amide bonds. The van der Waals surface area contributed by atoms with Crippen LogP contribution in [0.3, 0.4) is 0 Å². The van der Waals surface area contributed by atoms with Crippen molar-refractivity contribution < 1.29 is 14.3 Å². The van der Waals surface area contributed by atoms with E-state index < -0.39 is 5.91 Å². The molecule has 134 valence electrons. The molecule has 0 saturated carbocycles. The van der Waals surface area contributed by atoms with Crippen LogP contribution in [-0.4, -0.2) is 49.8 Å². The van der Waals surface area contributed by atoms with Crippen LogP contribution >= 0.6 is 0 Å². The molecular formula is C19H20N4O3. The number of aliphatic imine (C=N–C) groups is 1. The molecule has 0 unspecified atom stereocenters. The van der Waals surface area contributed by atoms with Crippen LogP contribution in [0.2, 0.25) is 0 Å². The van der Waals surface area contributed by atoms with Gasteiger partial charge in [0, 0.05) is 24.7 Å². The highest BCUT2D eigenvalue weighted by molar-refractivity contribution is 6.09. The van der Waals surface area contributed by atoms with E-state index in [9.17, 15) is 9.59 Å². The fourth-order valence-corrected chi connectivity index (χ4v) is 2.77. The molecule has 3 rings (SSSR count). The molecule has 2 aromatic rings. The molecule has 0 atom stereocenters. The molecule has 0 bridgehead atoms. The number of anilines is 1. The van der Waals surface area contributed by atoms with E-state index in [4.69, 9.17) is 10.5 Å². The van der Waals surface area contributed by atoms with Crippen molar-refractivity contribution in [1.29, 1.82) is 0 Å². The molecule has 26 heavy (non-hydrogen) atoms. The zero-order chi connectivity index (χ0) is 18.7. The number of benzene rings is 2. The Hall–Kier alpha value is -3.35. The summed E-state index contributed by atoms with van der Waals surface area (Å²) in [6.07, 6.45) is 0. The Bertz CT molecular complexity index is 875. The molecule has 1 heterocycles. The van der Waals surface area contributed by atoms with Crippen molar-refractivity contribution >= 4 is 23.3 Å². The predicted octanol–water partition coefficient (Wildman–Crippen LogP) is 1.74. The maximum absolute atomic E-state index is 12.5. The number of amidine groups is 1. The lowest BCUT2D eigenvalue weighted by Gasteiger charge is -2.14. The first-order chi connectivity index (χ1) is 12.5. The summed E-state index contributed by atoms with van der Waals surface area (Å²) >= 11 is 0. The highest BCUT2D eigenvalue weighted by Crippen LogP contribution is 2.22. The number of methoxy groups -OCH3 is 1. The van der Waals surface area contributed by atoms with Crippen LogP contribution in [0.15, 0.2) is 47.5 Å². The van der Waals surface area contributed by atoms with Gasteiger partial charge in [-0.2, -0.15) is 0 Å². The summed E-state index contributed by atoms with van der Waals surface area (Å²) in [5.41, 5.74) is 7.36. The van der Waals surface area contributed by atoms with E-state index in [1.807, 2.05) is 19.2 Å². The quantitative estimate of drug-likeness (QED) is 0.856. The molecule has 1 aliphatic heterocycles. The minimum absolute atomic E-state index is 0.191. The van der Waals surface area contributed by atoms with Crippen LogP contribution in [0.5, 0.6) is 5.75 Å². The highest BCUT2D eigenvalue weighted by atomic mass is 16.5. The zero-order valence-electron chi connectivity index (χ0n) is 14.7. The van der Waals surface area contributed by atoms with Gasteiger partial charge in [-0.3, -0.25) is 14.6 Å². The monoisotopic (exact) mass is 352 g/mol. The number of likely N-dealkylation sites (N-methyl/N-ethyl adjacent to an activating group) is 1. The largest absolute Gasteiger partial charge is 0.497 e. The standard InChI is InChI=1S/C19H20N4O3/c1-23-10-9-21-18(23)12-3-5-13(6-4-12)19(25)22-16-8-7-14(26-2)11-15(16)17(20)24/h3-8,11H,9-10H2,1-2H3,(H2,20,24)(H,22,25). The fraction of sp³-hybridized carbons (Fsp3) is 0.211. The Morgan fingerprint density at radius 1 is 1.19 bits per heavy atom. The van der Waals surface area contributed by atoms with Gasteiger partial charge in [0.25, 0.3) is 11.8 Å². The lowest BCUT2D eigenvalue weighted by molar-refractivity contribution is 0.100. The summed E-state index contributed by atoms with van der Waals surface area (Å²) in [7, 11) is 3.48. The van der Waals surface area contributed by atoms with E-state index >= 15 is 0 Å². The maximum atomic E-state index is 12.5. The number of nitrogens with one attached hydrogen (secondary N) is 1. The van der Waals surface area contributed by atoms with Gasteiger partial charge >= 0.3 is 0 Å². The average Bonchev–Trinajstić information content (AvgIpc) is 3.08. The molecular weight excluding hydrogens is 332 g/mol. The van der Waals surface area contributed by atoms with E-state index in [-0.39, 0.29) is 11.5 Å². The Balaban J connectivity index is 1.79. The summed E-state index contributed by atoms with van der Waals surface area (Å²) in [4.78, 5) is 30.7. The van der Waals surface area contributed by atoms with E-state index in [0.29, 0.717) is 17.0 Å². The Labute approximate surface area is 151 Å². The topological polar surface area (TPSA) is 97.0 Å². The van der Waals surface area contributed by atoms with Gasteiger partial charge in [-0.05, 0) is 30.3 Å². The van der Waals surface area contributed by atoms with Gasteiger partial charge in [0.05, 0.1) is 24.9 Å². The van der Waals surface area contributed by atoms with Crippen molar-refractivity contribution in [3.05, 3.63) is 59.2 Å². The van der Waals surface area contributed by atoms with Crippen molar-refractivity contribution in [2.75, 3.05) is 32.6 Å². The average molecular weight is 352 g/mol. The van der Waals surface area contributed by atoms with Gasteiger partial charge in [0.15, 0.2) is 0 Å². The zero-order valence-corrected chi connectivity index (χ0v) is 14.7. The third kappa shape index (κ3) is 3.51. The van der Waals surface area contributed by atoms with Crippen LogP contribution in [0.1, 0.15) is 26.3 Å². The Morgan fingerprint density at radius 3 is 2.50 bits per heavy atom. The predicted molar refractivity (Wildman–Crippen MR) is 99.9 cm³/mol. The molecule has 0 fully saturated rings. The van der Waals surface area contributed by atoms with Crippen molar-refractivity contribution in [1.82, 2.24) is 4.90 Å². The third-order valence-electron chi connectivity index (χ3n) is 4.20. The SMILES string of the molecule is COc1ccc(NC(=O)c2ccc(C3=NCCN3C)cc2)c(C(N)=O)c1. The van der Waals surface area contributed by atoms with Gasteiger partial charge in [0.1, 0.15) is 11.6 Å². The van der Waals surface area contributed by atoms with Crippen molar-refractivity contribution in [2.45, 2.75) is 0 Å². The van der Waals surface area contributed by atoms with Crippen molar-refractivity contribution in [3.63, 3.8) is 0 Å². The van der Waals surface area contributed by atoms with E-state index in [2.05, 4.69) is 15.2 Å². The second-order valence-corrected chi connectivity index (χ2v) is 5.93. The number of rotatable bonds is 5. The summed E-state index contributed by atoms with van der Waals surface area (Å²) in [5, 5.41) is 2.72. The summed E-state index contributed by atoms with van der Waals surface area (Å²) in [6.45, 7) is 1.67. The van der Waals surface area contributed by atoms with Crippen molar-refractivity contribution in [2.24, 2.45) is 10.7 Å². The van der Waals surface area contributed by atoms with Crippen LogP contribution in [-0.2, 0) is 0 Å². The van der Waals surface area contributed by atoms with Gasteiger partial charge in [-0.25, -0.2) is 0 Å². The fourth-order valence-electron chi connectivity index (χ4n) is 2.77. The number of carbonyl (C=O) groups excluding carboxylic acids is 2. The molecule has 7 nitrogen and oxygen atoms in total. The van der Waals surface area contributed by atoms with Gasteiger partial charge in [-0.1, -0.05) is 12.1 Å². The molecule has 0 spiro atoms. The lowest BCUT2D eigenvalue weighted by atomic mass is 10.1. The second kappa shape index (κ2) is 7.26. The Kier molecular flexibility index (Phi) is 4.88. The lowest BCUT2D eigenvalue weighted by Crippen LogP contribution is -2.23. The van der Waals surface area contributed by atoms with Gasteiger partial charge in [-0.15, -0.1) is 0 Å². The molecule has 0 aromatic heterocycles. The molecule has 1 aliphatic rings. The summed E-state index contributed by atoms with van der Waals surface area (Å²) in [5.74, 6) is 0.438.